The third-order valence-electron chi connectivity index (χ3n) is 3.47. The molecule has 2 N–H and O–H groups in total. The molecule has 1 aliphatic heterocycles. The van der Waals surface area contributed by atoms with E-state index in [9.17, 15) is 14.7 Å². The van der Waals surface area contributed by atoms with Crippen molar-refractivity contribution in [3.8, 4) is 0 Å². The molecular formula is C12H21NO4. The van der Waals surface area contributed by atoms with Gasteiger partial charge < -0.3 is 15.2 Å². The van der Waals surface area contributed by atoms with Crippen LogP contribution in [0.25, 0.3) is 0 Å². The van der Waals surface area contributed by atoms with E-state index in [0.717, 1.165) is 12.8 Å². The van der Waals surface area contributed by atoms with E-state index in [-0.39, 0.29) is 11.8 Å². The van der Waals surface area contributed by atoms with Crippen LogP contribution in [0.1, 0.15) is 39.5 Å². The van der Waals surface area contributed by atoms with Crippen molar-refractivity contribution in [1.82, 2.24) is 5.32 Å². The Kier molecular flexibility index (Phi) is 4.93. The predicted octanol–water partition coefficient (Wildman–Crippen LogP) is 1.17. The lowest BCUT2D eigenvalue weighted by molar-refractivity contribution is -0.152. The Morgan fingerprint density at radius 3 is 2.24 bits per heavy atom. The molecule has 0 aromatic carbocycles. The van der Waals surface area contributed by atoms with Crippen LogP contribution >= 0.6 is 0 Å². The molecule has 0 radical (unpaired) electrons. The van der Waals surface area contributed by atoms with Crippen molar-refractivity contribution in [3.05, 3.63) is 0 Å². The summed E-state index contributed by atoms with van der Waals surface area (Å²) in [5.41, 5.74) is -1.13. The largest absolute Gasteiger partial charge is 0.480 e. The lowest BCUT2D eigenvalue weighted by Crippen LogP contribution is -2.58. The van der Waals surface area contributed by atoms with Gasteiger partial charge in [-0.15, -0.1) is 0 Å². The molecule has 0 aromatic heterocycles. The zero-order chi connectivity index (χ0) is 12.9. The van der Waals surface area contributed by atoms with Crippen LogP contribution in [-0.4, -0.2) is 35.7 Å². The van der Waals surface area contributed by atoms with Gasteiger partial charge in [-0.05, 0) is 12.8 Å². The van der Waals surface area contributed by atoms with Gasteiger partial charge in [-0.25, -0.2) is 4.79 Å². The second-order valence-corrected chi connectivity index (χ2v) is 4.50. The number of hydrogen-bond donors (Lipinski definition) is 2. The zero-order valence-electron chi connectivity index (χ0n) is 10.5. The first-order valence-electron chi connectivity index (χ1n) is 6.19. The van der Waals surface area contributed by atoms with Gasteiger partial charge in [0, 0.05) is 32.0 Å². The fraction of sp³-hybridized carbons (Fsp3) is 0.833. The first kappa shape index (κ1) is 14.0. The highest BCUT2D eigenvalue weighted by molar-refractivity contribution is 5.88. The van der Waals surface area contributed by atoms with Gasteiger partial charge in [0.05, 0.1) is 0 Å². The van der Waals surface area contributed by atoms with Gasteiger partial charge >= 0.3 is 5.97 Å². The maximum Gasteiger partial charge on any atom is 0.329 e. The number of carbonyl (C=O) groups excluding carboxylic acids is 1. The number of carboxylic acid groups (broad SMARTS) is 1. The van der Waals surface area contributed by atoms with Crippen LogP contribution in [0, 0.1) is 5.92 Å². The predicted molar refractivity (Wildman–Crippen MR) is 62.6 cm³/mol. The highest BCUT2D eigenvalue weighted by Crippen LogP contribution is 2.22. The number of nitrogens with one attached hydrogen (secondary N) is 1. The summed E-state index contributed by atoms with van der Waals surface area (Å²) < 4.78 is 5.15. The van der Waals surface area contributed by atoms with Gasteiger partial charge in [0.1, 0.15) is 5.54 Å². The van der Waals surface area contributed by atoms with Crippen molar-refractivity contribution in [3.63, 3.8) is 0 Å². The topological polar surface area (TPSA) is 75.6 Å². The summed E-state index contributed by atoms with van der Waals surface area (Å²) in [5, 5.41) is 12.0. The number of amides is 1. The fourth-order valence-electron chi connectivity index (χ4n) is 2.11. The van der Waals surface area contributed by atoms with Crippen molar-refractivity contribution in [2.45, 2.75) is 45.1 Å². The van der Waals surface area contributed by atoms with Crippen molar-refractivity contribution < 1.29 is 19.4 Å². The van der Waals surface area contributed by atoms with Crippen molar-refractivity contribution in [2.75, 3.05) is 13.2 Å². The van der Waals surface area contributed by atoms with Gasteiger partial charge in [-0.2, -0.15) is 0 Å². The molecule has 98 valence electrons. The summed E-state index contributed by atoms with van der Waals surface area (Å²) >= 11 is 0. The van der Waals surface area contributed by atoms with Crippen LogP contribution in [0.4, 0.5) is 0 Å². The molecule has 1 amide bonds. The summed E-state index contributed by atoms with van der Waals surface area (Å²) in [6.45, 7) is 4.64. The van der Waals surface area contributed by atoms with E-state index in [1.807, 2.05) is 13.8 Å². The summed E-state index contributed by atoms with van der Waals surface area (Å²) in [6, 6.07) is 0. The second kappa shape index (κ2) is 6.00. The molecule has 5 nitrogen and oxygen atoms in total. The molecule has 0 saturated carbocycles. The van der Waals surface area contributed by atoms with E-state index >= 15 is 0 Å². The molecule has 1 heterocycles. The van der Waals surface area contributed by atoms with E-state index in [2.05, 4.69) is 5.32 Å². The zero-order valence-corrected chi connectivity index (χ0v) is 10.5. The van der Waals surface area contributed by atoms with E-state index in [0.29, 0.717) is 26.1 Å². The Morgan fingerprint density at radius 2 is 1.82 bits per heavy atom. The Morgan fingerprint density at radius 1 is 1.29 bits per heavy atom. The first-order chi connectivity index (χ1) is 8.05. The van der Waals surface area contributed by atoms with Gasteiger partial charge in [0.25, 0.3) is 0 Å². The van der Waals surface area contributed by atoms with E-state index in [1.165, 1.54) is 0 Å². The molecule has 17 heavy (non-hydrogen) atoms. The summed E-state index contributed by atoms with van der Waals surface area (Å²) in [6.07, 6.45) is 2.14. The molecule has 1 rings (SSSR count). The smallest absolute Gasteiger partial charge is 0.329 e. The molecular weight excluding hydrogens is 222 g/mol. The third-order valence-corrected chi connectivity index (χ3v) is 3.47. The van der Waals surface area contributed by atoms with Crippen LogP contribution in [0.3, 0.4) is 0 Å². The van der Waals surface area contributed by atoms with Gasteiger partial charge in [0.15, 0.2) is 0 Å². The Bertz CT molecular complexity index is 280. The maximum atomic E-state index is 12.0. The van der Waals surface area contributed by atoms with Crippen LogP contribution in [-0.2, 0) is 14.3 Å². The molecule has 0 aliphatic carbocycles. The lowest BCUT2D eigenvalue weighted by Gasteiger charge is -2.34. The molecule has 0 unspecified atom stereocenters. The average molecular weight is 243 g/mol. The minimum absolute atomic E-state index is 0.103. The van der Waals surface area contributed by atoms with Crippen molar-refractivity contribution >= 4 is 11.9 Å². The summed E-state index contributed by atoms with van der Waals surface area (Å²) in [7, 11) is 0. The quantitative estimate of drug-likeness (QED) is 0.760. The molecule has 0 aromatic rings. The van der Waals surface area contributed by atoms with E-state index < -0.39 is 11.5 Å². The maximum absolute atomic E-state index is 12.0. The molecule has 5 heteroatoms. The normalized spacial score (nSPS) is 19.0. The number of carboxylic acids is 1. The van der Waals surface area contributed by atoms with Crippen LogP contribution in [0.2, 0.25) is 0 Å². The fourth-order valence-corrected chi connectivity index (χ4v) is 2.11. The number of hydrogen-bond acceptors (Lipinski definition) is 3. The Labute approximate surface area is 102 Å². The van der Waals surface area contributed by atoms with Gasteiger partial charge in [-0.3, -0.25) is 4.79 Å². The van der Waals surface area contributed by atoms with Crippen LogP contribution in [0.5, 0.6) is 0 Å². The van der Waals surface area contributed by atoms with Crippen LogP contribution in [0.15, 0.2) is 0 Å². The molecule has 0 bridgehead atoms. The van der Waals surface area contributed by atoms with Crippen LogP contribution < -0.4 is 5.32 Å². The molecule has 0 spiro atoms. The number of aliphatic carboxylic acids is 1. The Hall–Kier alpha value is -1.10. The van der Waals surface area contributed by atoms with E-state index in [1.54, 1.807) is 0 Å². The highest BCUT2D eigenvalue weighted by Gasteiger charge is 2.42. The SMILES string of the molecule is CCC(CC)C(=O)NC1(C(=O)O)CCOCC1. The molecule has 1 aliphatic rings. The van der Waals surface area contributed by atoms with E-state index in [4.69, 9.17) is 4.74 Å². The summed E-state index contributed by atoms with van der Waals surface area (Å²) in [5.74, 6) is -1.21. The number of ether oxygens (including phenoxy) is 1. The molecule has 1 fully saturated rings. The van der Waals surface area contributed by atoms with Gasteiger partial charge in [0.2, 0.25) is 5.91 Å². The second-order valence-electron chi connectivity index (χ2n) is 4.50. The minimum Gasteiger partial charge on any atom is -0.480 e. The highest BCUT2D eigenvalue weighted by atomic mass is 16.5. The number of rotatable bonds is 5. The monoisotopic (exact) mass is 243 g/mol. The minimum atomic E-state index is -1.13. The first-order valence-corrected chi connectivity index (χ1v) is 6.19. The number of carbonyl (C=O) groups is 2. The average Bonchev–Trinajstić information content (AvgIpc) is 2.31. The Balaban J connectivity index is 2.73. The third kappa shape index (κ3) is 3.19. The van der Waals surface area contributed by atoms with Crippen molar-refractivity contribution in [2.24, 2.45) is 5.92 Å². The standard InChI is InChI=1S/C12H21NO4/c1-3-9(4-2)10(14)13-12(11(15)16)5-7-17-8-6-12/h9H,3-8H2,1-2H3,(H,13,14)(H,15,16). The van der Waals surface area contributed by atoms with Gasteiger partial charge in [-0.1, -0.05) is 13.8 Å². The van der Waals surface area contributed by atoms with Crippen molar-refractivity contribution in [1.29, 1.82) is 0 Å². The molecule has 0 atom stereocenters. The lowest BCUT2D eigenvalue weighted by atomic mass is 9.88. The molecule has 1 saturated heterocycles. The summed E-state index contributed by atoms with van der Waals surface area (Å²) in [4.78, 5) is 23.3.